The second kappa shape index (κ2) is 11.7. The number of benzene rings is 3. The van der Waals surface area contributed by atoms with Crippen molar-refractivity contribution in [3.63, 3.8) is 0 Å². The topological polar surface area (TPSA) is 66.6 Å². The van der Waals surface area contributed by atoms with Gasteiger partial charge in [-0.3, -0.25) is 4.79 Å². The fourth-order valence-corrected chi connectivity index (χ4v) is 5.04. The van der Waals surface area contributed by atoms with Crippen LogP contribution in [0, 0.1) is 7.43 Å². The van der Waals surface area contributed by atoms with Crippen LogP contribution in [0.15, 0.2) is 77.7 Å². The summed E-state index contributed by atoms with van der Waals surface area (Å²) in [5.74, 6) is -0.299. The molecule has 0 aromatic heterocycles. The first-order valence-corrected chi connectivity index (χ1v) is 11.8. The third-order valence-corrected chi connectivity index (χ3v) is 6.98. The minimum absolute atomic E-state index is 0. The van der Waals surface area contributed by atoms with Crippen LogP contribution in [-0.4, -0.2) is 23.2 Å². The molecule has 0 saturated carbocycles. The van der Waals surface area contributed by atoms with Crippen LogP contribution < -0.4 is 83.8 Å². The second-order valence-electron chi connectivity index (χ2n) is 8.14. The Morgan fingerprint density at radius 1 is 0.909 bits per heavy atom. The molecule has 3 aromatic carbocycles. The molecule has 0 spiro atoms. The summed E-state index contributed by atoms with van der Waals surface area (Å²) in [6, 6.07) is 23.7. The van der Waals surface area contributed by atoms with Crippen LogP contribution in [0.1, 0.15) is 35.4 Å². The first kappa shape index (κ1) is 26.7. The Bertz CT molecular complexity index is 1130. The molecule has 5 rings (SSSR count). The van der Waals surface area contributed by atoms with E-state index in [1.54, 1.807) is 12.1 Å². The normalized spacial score (nSPS) is 17.8. The number of carbonyl (C=O) groups is 1. The van der Waals surface area contributed by atoms with E-state index in [2.05, 4.69) is 29.2 Å². The van der Waals surface area contributed by atoms with E-state index in [4.69, 9.17) is 5.14 Å². The molecule has 2 N–H and O–H groups in total. The number of fused-ring (bicyclic) bond motifs is 1. The van der Waals surface area contributed by atoms with Gasteiger partial charge in [0.15, 0.2) is 0 Å². The predicted molar refractivity (Wildman–Crippen MR) is 131 cm³/mol. The van der Waals surface area contributed by atoms with Crippen LogP contribution >= 0.6 is 0 Å². The molecule has 5 nitrogen and oxygen atoms in total. The molecule has 7 heteroatoms. The van der Waals surface area contributed by atoms with Gasteiger partial charge in [0.25, 0.3) is 0 Å². The maximum Gasteiger partial charge on any atom is 1.00 e. The van der Waals surface area contributed by atoms with Crippen LogP contribution in [0.4, 0.5) is 11.4 Å². The van der Waals surface area contributed by atoms with Crippen LogP contribution in [0.25, 0.3) is 0 Å². The van der Waals surface area contributed by atoms with Crippen molar-refractivity contribution < 1.29 is 77.9 Å². The number of nitrogens with two attached hydrogens (primary N) is 1. The Labute approximate surface area is 257 Å². The van der Waals surface area contributed by atoms with Crippen LogP contribution in [0.5, 0.6) is 0 Å². The number of nitrogens with zero attached hydrogens (tertiary/aromatic N) is 2. The molecule has 1 saturated heterocycles. The molecule has 2 heterocycles. The van der Waals surface area contributed by atoms with E-state index in [0.717, 1.165) is 35.5 Å². The quantitative estimate of drug-likeness (QED) is 0.465. The van der Waals surface area contributed by atoms with Gasteiger partial charge in [-0.15, -0.1) is 0 Å². The Morgan fingerprint density at radius 2 is 1.55 bits per heavy atom. The minimum Gasteiger partial charge on any atom is -0.372 e. The van der Waals surface area contributed by atoms with Crippen LogP contribution in [0.2, 0.25) is 0 Å². The van der Waals surface area contributed by atoms with Gasteiger partial charge in [-0.1, -0.05) is 42.5 Å². The van der Waals surface area contributed by atoms with Crippen molar-refractivity contribution in [1.29, 1.82) is 0 Å². The Kier molecular flexibility index (Phi) is 9.45. The first-order valence-electron chi connectivity index (χ1n) is 10.6. The van der Waals surface area contributed by atoms with Gasteiger partial charge in [-0.2, -0.15) is 0 Å². The fraction of sp³-hybridized carbons (Fsp3) is 0.231. The van der Waals surface area contributed by atoms with Gasteiger partial charge in [0, 0.05) is 24.5 Å². The number of anilines is 2. The number of hydrogen-bond acceptors (Lipinski definition) is 3. The van der Waals surface area contributed by atoms with Crippen molar-refractivity contribution in [1.82, 2.24) is 0 Å². The van der Waals surface area contributed by atoms with Crippen molar-refractivity contribution >= 4 is 28.3 Å². The number of amides is 1. The smallest absolute Gasteiger partial charge is 0.372 e. The second-order valence-corrected chi connectivity index (χ2v) is 9.21. The Balaban J connectivity index is 0.00000153. The predicted octanol–water partition coefficient (Wildman–Crippen LogP) is 1.40. The van der Waals surface area contributed by atoms with Crippen molar-refractivity contribution in [3.8, 4) is 0 Å². The molecule has 2 atom stereocenters. The summed E-state index contributed by atoms with van der Waals surface area (Å²) >= 11 is 0. The van der Waals surface area contributed by atoms with E-state index < -0.39 is 11.0 Å². The summed E-state index contributed by atoms with van der Waals surface area (Å²) in [5.41, 5.74) is 5.21. The zero-order valence-electron chi connectivity index (χ0n) is 19.2. The summed E-state index contributed by atoms with van der Waals surface area (Å²) in [6.45, 7) is 2.78. The minimum atomic E-state index is -1.53. The Morgan fingerprint density at radius 3 is 2.18 bits per heavy atom. The molecule has 0 bridgehead atoms. The summed E-state index contributed by atoms with van der Waals surface area (Å²) in [6.07, 6.45) is 2.51. The van der Waals surface area contributed by atoms with Gasteiger partial charge >= 0.3 is 68.9 Å². The molecule has 2 aliphatic rings. The molecule has 1 fully saturated rings. The molecular weight excluding hydrogens is 551 g/mol. The van der Waals surface area contributed by atoms with Gasteiger partial charge in [0.1, 0.15) is 11.0 Å². The van der Waals surface area contributed by atoms with Gasteiger partial charge in [0.05, 0.1) is 17.4 Å². The van der Waals surface area contributed by atoms with Gasteiger partial charge in [-0.25, -0.2) is 9.35 Å². The van der Waals surface area contributed by atoms with E-state index >= 15 is 0 Å². The maximum atomic E-state index is 13.5. The van der Waals surface area contributed by atoms with E-state index in [0.29, 0.717) is 11.4 Å². The van der Waals surface area contributed by atoms with Gasteiger partial charge in [0.2, 0.25) is 5.91 Å². The zero-order chi connectivity index (χ0) is 21.4. The van der Waals surface area contributed by atoms with Crippen LogP contribution in [0.3, 0.4) is 0 Å². The Hall–Kier alpha value is -0.908. The van der Waals surface area contributed by atoms with E-state index in [-0.39, 0.29) is 88.1 Å². The number of hydrogen-bond donors (Lipinski definition) is 1. The molecule has 0 aliphatic carbocycles. The fourth-order valence-electron chi connectivity index (χ4n) is 4.63. The standard InChI is InChI=1S/C25H25N3O2S.CH3.Cs/c26-31(30)21-13-9-19(10-14-21)24-22-5-1-2-6-23(22)28(25(24)29)17-18-7-11-20(12-8-18)27-15-3-4-16-27;;/h1-2,5-14,24H,3-4,15-17,26H2;1H3;/q;-1;+1. The molecule has 33 heavy (non-hydrogen) atoms. The monoisotopic (exact) mass is 579 g/mol. The molecular formula is C26H28CsN3O2S. The molecule has 3 aromatic rings. The van der Waals surface area contributed by atoms with Gasteiger partial charge in [-0.05, 0) is 59.9 Å². The van der Waals surface area contributed by atoms with Crippen LogP contribution in [-0.2, 0) is 22.3 Å². The van der Waals surface area contributed by atoms with Crippen molar-refractivity contribution in [2.75, 3.05) is 22.9 Å². The number of para-hydroxylation sites is 1. The van der Waals surface area contributed by atoms with E-state index in [9.17, 15) is 9.00 Å². The SMILES string of the molecule is NS(=O)c1ccc(C2C(=O)N(Cc3ccc(N4CCCC4)cc3)c3ccccc32)cc1.[CH3-].[Cs+]. The number of rotatable bonds is 5. The van der Waals surface area contributed by atoms with E-state index in [1.807, 2.05) is 41.3 Å². The van der Waals surface area contributed by atoms with Crippen molar-refractivity contribution in [2.45, 2.75) is 30.2 Å². The molecule has 0 radical (unpaired) electrons. The maximum absolute atomic E-state index is 13.5. The van der Waals surface area contributed by atoms with E-state index in [1.165, 1.54) is 18.5 Å². The largest absolute Gasteiger partial charge is 1.00 e. The third kappa shape index (κ3) is 5.51. The summed E-state index contributed by atoms with van der Waals surface area (Å²) in [5, 5.41) is 5.47. The summed E-state index contributed by atoms with van der Waals surface area (Å²) in [4.78, 5) is 18.3. The molecule has 2 unspecified atom stereocenters. The van der Waals surface area contributed by atoms with Crippen molar-refractivity contribution in [2.24, 2.45) is 5.14 Å². The zero-order valence-corrected chi connectivity index (χ0v) is 26.3. The van der Waals surface area contributed by atoms with Crippen molar-refractivity contribution in [3.05, 3.63) is 96.9 Å². The number of carbonyl (C=O) groups excluding carboxylic acids is 1. The average Bonchev–Trinajstić information content (AvgIpc) is 3.42. The third-order valence-electron chi connectivity index (χ3n) is 6.25. The summed E-state index contributed by atoms with van der Waals surface area (Å²) in [7, 11) is -1.53. The van der Waals surface area contributed by atoms with Gasteiger partial charge < -0.3 is 17.2 Å². The molecule has 2 aliphatic heterocycles. The first-order chi connectivity index (χ1) is 15.1. The summed E-state index contributed by atoms with van der Waals surface area (Å²) < 4.78 is 11.5. The molecule has 166 valence electrons. The average molecular weight is 580 g/mol. The molecule has 1 amide bonds.